The first kappa shape index (κ1) is 30.5. The van der Waals surface area contributed by atoms with Gasteiger partial charge >= 0.3 is 6.09 Å². The maximum Gasteiger partial charge on any atom is 0.408 e. The molecule has 206 valence electrons. The number of aliphatic hydroxyl groups excluding tert-OH is 1. The van der Waals surface area contributed by atoms with Gasteiger partial charge in [-0.1, -0.05) is 74.0 Å². The Labute approximate surface area is 224 Å². The molecule has 0 fully saturated rings. The van der Waals surface area contributed by atoms with E-state index in [1.54, 1.807) is 13.8 Å². The molecule has 0 heterocycles. The molecular weight excluding hydrogens is 486 g/mol. The molecular formula is C29H39N3O6. The molecule has 9 heteroatoms. The summed E-state index contributed by atoms with van der Waals surface area (Å²) >= 11 is 0. The predicted octanol–water partition coefficient (Wildman–Crippen LogP) is 2.90. The number of ether oxygens (including phenoxy) is 1. The summed E-state index contributed by atoms with van der Waals surface area (Å²) in [7, 11) is 0. The summed E-state index contributed by atoms with van der Waals surface area (Å²) in [5.41, 5.74) is 1.91. The molecule has 9 nitrogen and oxygen atoms in total. The van der Waals surface area contributed by atoms with Crippen LogP contribution in [0.4, 0.5) is 4.79 Å². The maximum atomic E-state index is 12.8. The molecule has 0 aliphatic heterocycles. The van der Waals surface area contributed by atoms with Crippen LogP contribution in [0, 0.1) is 5.92 Å². The molecule has 4 atom stereocenters. The van der Waals surface area contributed by atoms with Crippen LogP contribution in [0.5, 0.6) is 0 Å². The van der Waals surface area contributed by atoms with Crippen molar-refractivity contribution in [3.8, 4) is 0 Å². The van der Waals surface area contributed by atoms with Gasteiger partial charge in [0, 0.05) is 25.0 Å². The standard InChI is InChI=1S/C29H39N3O6/c1-21(18-33)26(19-34)32-27(35)16-10-9-15-25(17-23-11-5-3-6-12-23)31-28(36)22(2)30-29(37)38-20-24-13-7-4-8-14-24/h3-8,11-14,19,21-22,25-26,33H,9-10,15-18,20H2,1-2H3,(H,30,37)(H,31,36)(H,32,35)/t21?,22-,25-,26?/m0/s1. The van der Waals surface area contributed by atoms with E-state index in [0.717, 1.165) is 11.1 Å². The van der Waals surface area contributed by atoms with Gasteiger partial charge in [-0.25, -0.2) is 4.79 Å². The molecule has 2 unspecified atom stereocenters. The highest BCUT2D eigenvalue weighted by Gasteiger charge is 2.21. The minimum atomic E-state index is -0.795. The summed E-state index contributed by atoms with van der Waals surface area (Å²) in [4.78, 5) is 48.4. The van der Waals surface area contributed by atoms with Gasteiger partial charge in [0.25, 0.3) is 0 Å². The quantitative estimate of drug-likeness (QED) is 0.197. The van der Waals surface area contributed by atoms with Gasteiger partial charge in [0.05, 0.1) is 6.04 Å². The number of nitrogens with one attached hydrogen (secondary N) is 3. The lowest BCUT2D eigenvalue weighted by molar-refractivity contribution is -0.125. The van der Waals surface area contributed by atoms with Crippen molar-refractivity contribution in [3.05, 3.63) is 71.8 Å². The Balaban J connectivity index is 1.84. The Morgan fingerprint density at radius 2 is 1.53 bits per heavy atom. The fraction of sp³-hybridized carbons (Fsp3) is 0.448. The van der Waals surface area contributed by atoms with E-state index in [1.807, 2.05) is 60.7 Å². The van der Waals surface area contributed by atoms with Crippen LogP contribution in [0.2, 0.25) is 0 Å². The molecule has 3 amide bonds. The Kier molecular flexibility index (Phi) is 13.6. The lowest BCUT2D eigenvalue weighted by Gasteiger charge is -2.22. The average molecular weight is 526 g/mol. The van der Waals surface area contributed by atoms with Gasteiger partial charge < -0.3 is 30.6 Å². The van der Waals surface area contributed by atoms with Gasteiger partial charge in [-0.3, -0.25) is 9.59 Å². The molecule has 0 aliphatic carbocycles. The van der Waals surface area contributed by atoms with E-state index >= 15 is 0 Å². The lowest BCUT2D eigenvalue weighted by Crippen LogP contribution is -2.48. The van der Waals surface area contributed by atoms with Crippen molar-refractivity contribution in [1.82, 2.24) is 16.0 Å². The number of benzene rings is 2. The zero-order valence-corrected chi connectivity index (χ0v) is 22.1. The van der Waals surface area contributed by atoms with E-state index in [1.165, 1.54) is 0 Å². The van der Waals surface area contributed by atoms with Gasteiger partial charge in [-0.2, -0.15) is 0 Å². The molecule has 2 aromatic carbocycles. The molecule has 0 radical (unpaired) electrons. The summed E-state index contributed by atoms with van der Waals surface area (Å²) in [6.07, 6.45) is 2.68. The van der Waals surface area contributed by atoms with Gasteiger partial charge in [0.2, 0.25) is 11.8 Å². The average Bonchev–Trinajstić information content (AvgIpc) is 2.93. The number of amides is 3. The number of aliphatic hydroxyl groups is 1. The van der Waals surface area contributed by atoms with E-state index in [0.29, 0.717) is 32.0 Å². The molecule has 2 aromatic rings. The zero-order valence-electron chi connectivity index (χ0n) is 22.1. The van der Waals surface area contributed by atoms with Crippen molar-refractivity contribution in [2.75, 3.05) is 6.61 Å². The minimum absolute atomic E-state index is 0.109. The van der Waals surface area contributed by atoms with E-state index in [9.17, 15) is 24.3 Å². The number of unbranched alkanes of at least 4 members (excludes halogenated alkanes) is 1. The second-order valence-corrected chi connectivity index (χ2v) is 9.46. The second-order valence-electron chi connectivity index (χ2n) is 9.46. The number of aldehydes is 1. The molecule has 0 spiro atoms. The second kappa shape index (κ2) is 16.9. The van der Waals surface area contributed by atoms with Crippen molar-refractivity contribution in [2.45, 2.75) is 70.7 Å². The predicted molar refractivity (Wildman–Crippen MR) is 144 cm³/mol. The molecule has 0 saturated carbocycles. The Morgan fingerprint density at radius 3 is 2.13 bits per heavy atom. The smallest absolute Gasteiger partial charge is 0.408 e. The number of alkyl carbamates (subject to hydrolysis) is 1. The largest absolute Gasteiger partial charge is 0.445 e. The third kappa shape index (κ3) is 11.6. The van der Waals surface area contributed by atoms with Crippen LogP contribution in [0.25, 0.3) is 0 Å². The summed E-state index contributed by atoms with van der Waals surface area (Å²) in [5, 5.41) is 17.4. The van der Waals surface area contributed by atoms with Crippen LogP contribution >= 0.6 is 0 Å². The number of rotatable bonds is 16. The fourth-order valence-electron chi connectivity index (χ4n) is 3.82. The van der Waals surface area contributed by atoms with Crippen molar-refractivity contribution in [3.63, 3.8) is 0 Å². The summed E-state index contributed by atoms with van der Waals surface area (Å²) in [6.45, 7) is 3.20. The summed E-state index contributed by atoms with van der Waals surface area (Å²) in [5.74, 6) is -0.932. The first-order valence-corrected chi connectivity index (χ1v) is 13.0. The van der Waals surface area contributed by atoms with Crippen molar-refractivity contribution in [2.24, 2.45) is 5.92 Å². The van der Waals surface area contributed by atoms with Crippen LogP contribution in [-0.2, 0) is 32.1 Å². The van der Waals surface area contributed by atoms with Crippen molar-refractivity contribution in [1.29, 1.82) is 0 Å². The van der Waals surface area contributed by atoms with Crippen LogP contribution in [0.15, 0.2) is 60.7 Å². The molecule has 0 bridgehead atoms. The number of carbonyl (C=O) groups excluding carboxylic acids is 4. The zero-order chi connectivity index (χ0) is 27.8. The molecule has 4 N–H and O–H groups in total. The first-order chi connectivity index (χ1) is 18.3. The van der Waals surface area contributed by atoms with Gasteiger partial charge in [0.1, 0.15) is 18.9 Å². The Morgan fingerprint density at radius 1 is 0.895 bits per heavy atom. The van der Waals surface area contributed by atoms with Crippen molar-refractivity contribution < 1.29 is 29.0 Å². The monoisotopic (exact) mass is 525 g/mol. The molecule has 0 aliphatic rings. The highest BCUT2D eigenvalue weighted by atomic mass is 16.5. The van der Waals surface area contributed by atoms with Crippen LogP contribution in [-0.4, -0.2) is 54.0 Å². The lowest BCUT2D eigenvalue weighted by atomic mass is 9.99. The van der Waals surface area contributed by atoms with Gasteiger partial charge in [-0.05, 0) is 37.3 Å². The van der Waals surface area contributed by atoms with Gasteiger partial charge in [0.15, 0.2) is 0 Å². The van der Waals surface area contributed by atoms with Crippen LogP contribution < -0.4 is 16.0 Å². The number of hydrogen-bond donors (Lipinski definition) is 4. The normalized spacial score (nSPS) is 13.9. The number of hydrogen-bond acceptors (Lipinski definition) is 6. The maximum absolute atomic E-state index is 12.8. The molecule has 2 rings (SSSR count). The summed E-state index contributed by atoms with van der Waals surface area (Å²) < 4.78 is 5.21. The van der Waals surface area contributed by atoms with Crippen LogP contribution in [0.3, 0.4) is 0 Å². The van der Waals surface area contributed by atoms with E-state index in [4.69, 9.17) is 4.74 Å². The third-order valence-electron chi connectivity index (χ3n) is 6.19. The fourth-order valence-corrected chi connectivity index (χ4v) is 3.82. The van der Waals surface area contributed by atoms with E-state index in [2.05, 4.69) is 16.0 Å². The first-order valence-electron chi connectivity index (χ1n) is 13.0. The third-order valence-corrected chi connectivity index (χ3v) is 6.19. The SMILES string of the molecule is CC(CO)C(C=O)NC(=O)CCCC[C@@H](Cc1ccccc1)NC(=O)[C@H](C)NC(=O)OCc1ccccc1. The van der Waals surface area contributed by atoms with E-state index < -0.39 is 18.2 Å². The molecule has 0 aromatic heterocycles. The Bertz CT molecular complexity index is 1000. The van der Waals surface area contributed by atoms with Crippen molar-refractivity contribution >= 4 is 24.2 Å². The van der Waals surface area contributed by atoms with E-state index in [-0.39, 0.29) is 43.4 Å². The molecule has 0 saturated heterocycles. The highest BCUT2D eigenvalue weighted by Crippen LogP contribution is 2.11. The topological polar surface area (TPSA) is 134 Å². The minimum Gasteiger partial charge on any atom is -0.445 e. The van der Waals surface area contributed by atoms with Crippen LogP contribution in [0.1, 0.15) is 50.7 Å². The van der Waals surface area contributed by atoms with Gasteiger partial charge in [-0.15, -0.1) is 0 Å². The number of carbonyl (C=O) groups is 4. The Hall–Kier alpha value is -3.72. The summed E-state index contributed by atoms with van der Waals surface area (Å²) in [6, 6.07) is 17.3. The highest BCUT2D eigenvalue weighted by molar-refractivity contribution is 5.85. The molecule has 38 heavy (non-hydrogen) atoms.